The molecule has 160 valence electrons. The van der Waals surface area contributed by atoms with Crippen molar-refractivity contribution in [2.24, 2.45) is 0 Å². The Kier molecular flexibility index (Phi) is 7.76. The van der Waals surface area contributed by atoms with Gasteiger partial charge in [0.15, 0.2) is 5.11 Å². The fourth-order valence-corrected chi connectivity index (χ4v) is 2.72. The Labute approximate surface area is 176 Å². The molecule has 0 amide bonds. The second-order valence-corrected chi connectivity index (χ2v) is 6.27. The van der Waals surface area contributed by atoms with Gasteiger partial charge in [0.2, 0.25) is 0 Å². The van der Waals surface area contributed by atoms with E-state index in [-0.39, 0.29) is 40.8 Å². The maximum Gasteiger partial charge on any atom is 0.418 e. The van der Waals surface area contributed by atoms with E-state index in [0.717, 1.165) is 6.07 Å². The lowest BCUT2D eigenvalue weighted by Crippen LogP contribution is -2.22. The number of esters is 2. The second-order valence-electron chi connectivity index (χ2n) is 5.86. The van der Waals surface area contributed by atoms with Gasteiger partial charge in [-0.15, -0.1) is 0 Å². The molecule has 6 nitrogen and oxygen atoms in total. The molecule has 2 N–H and O–H groups in total. The van der Waals surface area contributed by atoms with E-state index in [1.165, 1.54) is 36.4 Å². The third-order valence-electron chi connectivity index (χ3n) is 3.69. The van der Waals surface area contributed by atoms with Gasteiger partial charge < -0.3 is 20.1 Å². The van der Waals surface area contributed by atoms with Crippen molar-refractivity contribution >= 4 is 40.6 Å². The number of hydrogen-bond acceptors (Lipinski definition) is 5. The molecule has 0 unspecified atom stereocenters. The Morgan fingerprint density at radius 1 is 0.933 bits per heavy atom. The Morgan fingerprint density at radius 2 is 1.47 bits per heavy atom. The summed E-state index contributed by atoms with van der Waals surface area (Å²) in [6.45, 7) is 3.51. The number of thiocarbonyl (C=S) groups is 1. The van der Waals surface area contributed by atoms with Crippen LogP contribution >= 0.6 is 12.2 Å². The van der Waals surface area contributed by atoms with Crippen LogP contribution in [0.25, 0.3) is 0 Å². The van der Waals surface area contributed by atoms with Gasteiger partial charge in [0, 0.05) is 5.69 Å². The zero-order chi connectivity index (χ0) is 22.3. The van der Waals surface area contributed by atoms with Gasteiger partial charge in [0.1, 0.15) is 0 Å². The van der Waals surface area contributed by atoms with E-state index in [2.05, 4.69) is 10.6 Å². The highest BCUT2D eigenvalue weighted by atomic mass is 32.1. The van der Waals surface area contributed by atoms with Crippen molar-refractivity contribution in [2.75, 3.05) is 23.8 Å². The maximum absolute atomic E-state index is 13.1. The largest absolute Gasteiger partial charge is 0.462 e. The molecule has 0 atom stereocenters. The third-order valence-corrected chi connectivity index (χ3v) is 3.90. The van der Waals surface area contributed by atoms with Gasteiger partial charge in [-0.1, -0.05) is 12.1 Å². The summed E-state index contributed by atoms with van der Waals surface area (Å²) in [6, 6.07) is 8.88. The highest BCUT2D eigenvalue weighted by molar-refractivity contribution is 7.80. The number of halogens is 3. The number of anilines is 2. The van der Waals surface area contributed by atoms with Crippen LogP contribution in [0.1, 0.15) is 40.1 Å². The minimum Gasteiger partial charge on any atom is -0.462 e. The Hall–Kier alpha value is -3.14. The molecule has 0 aromatic heterocycles. The van der Waals surface area contributed by atoms with E-state index >= 15 is 0 Å². The molecule has 0 aliphatic carbocycles. The molecular formula is C20H19F3N2O4S. The van der Waals surface area contributed by atoms with Crippen LogP contribution in [0.15, 0.2) is 42.5 Å². The first-order valence-corrected chi connectivity index (χ1v) is 9.30. The van der Waals surface area contributed by atoms with Crippen LogP contribution in [0, 0.1) is 0 Å². The number of carbonyl (C=O) groups is 2. The highest BCUT2D eigenvalue weighted by Crippen LogP contribution is 2.34. The van der Waals surface area contributed by atoms with Crippen LogP contribution in [0.2, 0.25) is 0 Å². The standard InChI is InChI=1S/C20H19F3N2O4S/c1-3-28-17(26)12-9-13(18(27)29-4-2)11-14(10-12)24-19(30)25-16-8-6-5-7-15(16)20(21,22)23/h5-11H,3-4H2,1-2H3,(H2,24,25,30). The first-order valence-electron chi connectivity index (χ1n) is 8.89. The van der Waals surface area contributed by atoms with Gasteiger partial charge in [-0.05, 0) is 56.4 Å². The maximum atomic E-state index is 13.1. The number of carbonyl (C=O) groups excluding carboxylic acids is 2. The van der Waals surface area contributed by atoms with Crippen LogP contribution in [0.5, 0.6) is 0 Å². The Bertz CT molecular complexity index is 912. The predicted molar refractivity (Wildman–Crippen MR) is 110 cm³/mol. The molecule has 0 radical (unpaired) electrons. The highest BCUT2D eigenvalue weighted by Gasteiger charge is 2.33. The summed E-state index contributed by atoms with van der Waals surface area (Å²) < 4.78 is 49.3. The van der Waals surface area contributed by atoms with Gasteiger partial charge in [-0.2, -0.15) is 13.2 Å². The van der Waals surface area contributed by atoms with Gasteiger partial charge in [-0.25, -0.2) is 9.59 Å². The fraction of sp³-hybridized carbons (Fsp3) is 0.250. The van der Waals surface area contributed by atoms with Crippen molar-refractivity contribution in [1.82, 2.24) is 0 Å². The first-order chi connectivity index (χ1) is 14.2. The summed E-state index contributed by atoms with van der Waals surface area (Å²) in [5.74, 6) is -1.35. The normalized spacial score (nSPS) is 10.8. The average molecular weight is 440 g/mol. The van der Waals surface area contributed by atoms with E-state index in [1.807, 2.05) is 0 Å². The van der Waals surface area contributed by atoms with Crippen molar-refractivity contribution in [3.05, 3.63) is 59.2 Å². The van der Waals surface area contributed by atoms with Crippen LogP contribution in [-0.4, -0.2) is 30.3 Å². The van der Waals surface area contributed by atoms with Gasteiger partial charge in [-0.3, -0.25) is 0 Å². The van der Waals surface area contributed by atoms with Crippen molar-refractivity contribution in [1.29, 1.82) is 0 Å². The lowest BCUT2D eigenvalue weighted by atomic mass is 10.1. The molecule has 2 aromatic rings. The molecule has 0 saturated carbocycles. The average Bonchev–Trinajstić information content (AvgIpc) is 2.67. The molecule has 30 heavy (non-hydrogen) atoms. The van der Waals surface area contributed by atoms with Crippen molar-refractivity contribution < 1.29 is 32.2 Å². The summed E-state index contributed by atoms with van der Waals surface area (Å²) in [6.07, 6.45) is -4.57. The van der Waals surface area contributed by atoms with Gasteiger partial charge in [0.25, 0.3) is 0 Å². The summed E-state index contributed by atoms with van der Waals surface area (Å²) in [5.41, 5.74) is -0.811. The number of ether oxygens (including phenoxy) is 2. The topological polar surface area (TPSA) is 76.7 Å². The number of rotatable bonds is 6. The van der Waals surface area contributed by atoms with E-state index in [0.29, 0.717) is 0 Å². The lowest BCUT2D eigenvalue weighted by Gasteiger charge is -2.16. The number of nitrogens with one attached hydrogen (secondary N) is 2. The van der Waals surface area contributed by atoms with E-state index in [1.54, 1.807) is 13.8 Å². The van der Waals surface area contributed by atoms with Gasteiger partial charge >= 0.3 is 18.1 Å². The van der Waals surface area contributed by atoms with Crippen LogP contribution in [0.3, 0.4) is 0 Å². The van der Waals surface area contributed by atoms with E-state index < -0.39 is 23.7 Å². The van der Waals surface area contributed by atoms with Crippen molar-refractivity contribution in [3.63, 3.8) is 0 Å². The first kappa shape index (κ1) is 23.1. The molecule has 0 saturated heterocycles. The third kappa shape index (κ3) is 6.18. The molecule has 10 heteroatoms. The van der Waals surface area contributed by atoms with Crippen molar-refractivity contribution in [3.8, 4) is 0 Å². The number of alkyl halides is 3. The lowest BCUT2D eigenvalue weighted by molar-refractivity contribution is -0.136. The van der Waals surface area contributed by atoms with E-state index in [9.17, 15) is 22.8 Å². The summed E-state index contributed by atoms with van der Waals surface area (Å²) in [7, 11) is 0. The quantitative estimate of drug-likeness (QED) is 0.490. The predicted octanol–water partition coefficient (Wildman–Crippen LogP) is 4.87. The number of benzene rings is 2. The van der Waals surface area contributed by atoms with Crippen LogP contribution < -0.4 is 10.6 Å². The summed E-state index contributed by atoms with van der Waals surface area (Å²) in [5, 5.41) is 5.00. The molecule has 0 aliphatic rings. The minimum atomic E-state index is -4.57. The monoisotopic (exact) mass is 440 g/mol. The molecular weight excluding hydrogens is 421 g/mol. The fourth-order valence-electron chi connectivity index (χ4n) is 2.49. The number of para-hydroxylation sites is 1. The van der Waals surface area contributed by atoms with Crippen molar-refractivity contribution in [2.45, 2.75) is 20.0 Å². The van der Waals surface area contributed by atoms with Crippen LogP contribution in [0.4, 0.5) is 24.5 Å². The zero-order valence-corrected chi connectivity index (χ0v) is 16.9. The summed E-state index contributed by atoms with van der Waals surface area (Å²) >= 11 is 5.10. The second kappa shape index (κ2) is 10.1. The molecule has 0 spiro atoms. The zero-order valence-electron chi connectivity index (χ0n) is 16.1. The molecule has 0 heterocycles. The molecule has 0 fully saturated rings. The molecule has 2 rings (SSSR count). The Morgan fingerprint density at radius 3 is 1.97 bits per heavy atom. The smallest absolute Gasteiger partial charge is 0.418 e. The molecule has 2 aromatic carbocycles. The minimum absolute atomic E-state index is 0.0587. The Balaban J connectivity index is 2.29. The van der Waals surface area contributed by atoms with E-state index in [4.69, 9.17) is 21.7 Å². The molecule has 0 aliphatic heterocycles. The molecule has 0 bridgehead atoms. The summed E-state index contributed by atoms with van der Waals surface area (Å²) in [4.78, 5) is 24.2. The SMILES string of the molecule is CCOC(=O)c1cc(NC(=S)Nc2ccccc2C(F)(F)F)cc(C(=O)OCC)c1. The van der Waals surface area contributed by atoms with Gasteiger partial charge in [0.05, 0.1) is 35.6 Å². The van der Waals surface area contributed by atoms with Crippen LogP contribution in [-0.2, 0) is 15.7 Å². The number of hydrogen-bond donors (Lipinski definition) is 2.